The third kappa shape index (κ3) is 4.11. The number of esters is 1. The molecule has 0 fully saturated rings. The number of fused-ring (bicyclic) bond motifs is 1. The maximum absolute atomic E-state index is 12.4. The van der Waals surface area contributed by atoms with E-state index >= 15 is 0 Å². The van der Waals surface area contributed by atoms with E-state index in [2.05, 4.69) is 4.99 Å². The maximum Gasteiger partial charge on any atom is 0.341 e. The monoisotopic (exact) mass is 383 g/mol. The van der Waals surface area contributed by atoms with Gasteiger partial charge in [0.1, 0.15) is 10.6 Å². The van der Waals surface area contributed by atoms with E-state index in [9.17, 15) is 4.79 Å². The zero-order chi connectivity index (χ0) is 19.2. The van der Waals surface area contributed by atoms with Crippen LogP contribution in [0.5, 0.6) is 11.5 Å². The van der Waals surface area contributed by atoms with E-state index in [1.165, 1.54) is 11.3 Å². The molecule has 0 spiro atoms. The molecule has 0 aliphatic heterocycles. The van der Waals surface area contributed by atoms with Gasteiger partial charge >= 0.3 is 5.97 Å². The molecule has 0 bridgehead atoms. The number of aliphatic imine (C=N–C) groups is 1. The third-order valence-corrected chi connectivity index (χ3v) is 4.95. The van der Waals surface area contributed by atoms with Crippen LogP contribution in [0.15, 0.2) is 47.5 Å². The van der Waals surface area contributed by atoms with Crippen molar-refractivity contribution >= 4 is 38.6 Å². The molecule has 140 valence electrons. The quantitative estimate of drug-likeness (QED) is 0.414. The Hall–Kier alpha value is -2.86. The molecule has 1 heterocycles. The number of hydrogen-bond donors (Lipinski definition) is 0. The van der Waals surface area contributed by atoms with Gasteiger partial charge < -0.3 is 14.2 Å². The first-order valence-corrected chi connectivity index (χ1v) is 9.53. The summed E-state index contributed by atoms with van der Waals surface area (Å²) in [5.41, 5.74) is 1.36. The van der Waals surface area contributed by atoms with Crippen molar-refractivity contribution in [2.24, 2.45) is 4.99 Å². The number of methoxy groups -OCH3 is 1. The highest BCUT2D eigenvalue weighted by Gasteiger charge is 2.19. The highest BCUT2D eigenvalue weighted by Crippen LogP contribution is 2.38. The SMILES string of the molecule is CCOC(=O)c1c(N=Cc2ccc(OCC)c(OC)c2)sc2ccccc12. The van der Waals surface area contributed by atoms with Crippen LogP contribution in [0, 0.1) is 0 Å². The predicted octanol–water partition coefficient (Wildman–Crippen LogP) is 5.24. The van der Waals surface area contributed by atoms with Crippen molar-refractivity contribution in [1.82, 2.24) is 0 Å². The fourth-order valence-corrected chi connectivity index (χ4v) is 3.73. The Morgan fingerprint density at radius 2 is 1.93 bits per heavy atom. The van der Waals surface area contributed by atoms with Crippen LogP contribution in [0.2, 0.25) is 0 Å². The van der Waals surface area contributed by atoms with Gasteiger partial charge in [-0.15, -0.1) is 11.3 Å². The van der Waals surface area contributed by atoms with Gasteiger partial charge in [-0.3, -0.25) is 0 Å². The second-order valence-electron chi connectivity index (χ2n) is 5.60. The first-order chi connectivity index (χ1) is 13.2. The molecule has 0 radical (unpaired) electrons. The fraction of sp³-hybridized carbons (Fsp3) is 0.238. The van der Waals surface area contributed by atoms with Gasteiger partial charge in [-0.2, -0.15) is 0 Å². The highest BCUT2D eigenvalue weighted by atomic mass is 32.1. The van der Waals surface area contributed by atoms with Crippen LogP contribution >= 0.6 is 11.3 Å². The van der Waals surface area contributed by atoms with E-state index in [1.54, 1.807) is 20.2 Å². The predicted molar refractivity (Wildman–Crippen MR) is 109 cm³/mol. The Labute approximate surface area is 162 Å². The molecule has 27 heavy (non-hydrogen) atoms. The lowest BCUT2D eigenvalue weighted by molar-refractivity contribution is 0.0530. The topological polar surface area (TPSA) is 57.1 Å². The lowest BCUT2D eigenvalue weighted by atomic mass is 10.1. The molecule has 0 aliphatic carbocycles. The molecular formula is C21H21NO4S. The molecule has 0 saturated heterocycles. The average molecular weight is 383 g/mol. The second kappa shape index (κ2) is 8.68. The van der Waals surface area contributed by atoms with Crippen molar-refractivity contribution in [3.05, 3.63) is 53.6 Å². The van der Waals surface area contributed by atoms with E-state index in [0.717, 1.165) is 15.6 Å². The molecular weight excluding hydrogens is 362 g/mol. The van der Waals surface area contributed by atoms with Crippen LogP contribution in [0.1, 0.15) is 29.8 Å². The molecule has 0 unspecified atom stereocenters. The minimum absolute atomic E-state index is 0.322. The Morgan fingerprint density at radius 3 is 2.67 bits per heavy atom. The maximum atomic E-state index is 12.4. The lowest BCUT2D eigenvalue weighted by Crippen LogP contribution is -2.03. The Balaban J connectivity index is 1.98. The standard InChI is InChI=1S/C21H21NO4S/c1-4-25-16-11-10-14(12-17(16)24-3)13-22-20-19(21(23)26-5-2)15-8-6-7-9-18(15)27-20/h6-13H,4-5H2,1-3H3. The zero-order valence-corrected chi connectivity index (χ0v) is 16.3. The summed E-state index contributed by atoms with van der Waals surface area (Å²) in [6.07, 6.45) is 1.71. The van der Waals surface area contributed by atoms with Crippen LogP contribution in [-0.4, -0.2) is 32.5 Å². The number of carbonyl (C=O) groups excluding carboxylic acids is 1. The highest BCUT2D eigenvalue weighted by molar-refractivity contribution is 7.23. The van der Waals surface area contributed by atoms with Crippen molar-refractivity contribution in [2.45, 2.75) is 13.8 Å². The number of ether oxygens (including phenoxy) is 3. The van der Waals surface area contributed by atoms with Gasteiger partial charge in [0.25, 0.3) is 0 Å². The zero-order valence-electron chi connectivity index (χ0n) is 15.5. The second-order valence-corrected chi connectivity index (χ2v) is 6.63. The molecule has 5 nitrogen and oxygen atoms in total. The van der Waals surface area contributed by atoms with Gasteiger partial charge in [-0.25, -0.2) is 9.79 Å². The summed E-state index contributed by atoms with van der Waals surface area (Å²) in [5.74, 6) is 0.973. The molecule has 2 aromatic carbocycles. The van der Waals surface area contributed by atoms with E-state index in [-0.39, 0.29) is 5.97 Å². The summed E-state index contributed by atoms with van der Waals surface area (Å²) in [6, 6.07) is 13.3. The molecule has 0 saturated carbocycles. The number of nitrogens with zero attached hydrogens (tertiary/aromatic N) is 1. The molecule has 3 rings (SSSR count). The van der Waals surface area contributed by atoms with E-state index < -0.39 is 0 Å². The number of thiophene rings is 1. The summed E-state index contributed by atoms with van der Waals surface area (Å²) in [5, 5.41) is 1.49. The van der Waals surface area contributed by atoms with Crippen molar-refractivity contribution in [3.63, 3.8) is 0 Å². The molecule has 1 aromatic heterocycles. The van der Waals surface area contributed by atoms with Gasteiger partial charge in [0, 0.05) is 16.3 Å². The first kappa shape index (κ1) is 18.9. The molecule has 0 atom stereocenters. The summed E-state index contributed by atoms with van der Waals surface area (Å²) in [4.78, 5) is 17.0. The average Bonchev–Trinajstić information content (AvgIpc) is 3.06. The molecule has 0 aliphatic rings. The number of rotatable bonds is 7. The van der Waals surface area contributed by atoms with E-state index in [4.69, 9.17) is 14.2 Å². The summed E-state index contributed by atoms with van der Waals surface area (Å²) in [7, 11) is 1.60. The fourth-order valence-electron chi connectivity index (χ4n) is 2.70. The van der Waals surface area contributed by atoms with Crippen LogP contribution in [0.3, 0.4) is 0 Å². The van der Waals surface area contributed by atoms with Crippen LogP contribution in [-0.2, 0) is 4.74 Å². The van der Waals surface area contributed by atoms with Gasteiger partial charge in [0.05, 0.1) is 20.3 Å². The third-order valence-electron chi connectivity index (χ3n) is 3.87. The van der Waals surface area contributed by atoms with Gasteiger partial charge in [0.2, 0.25) is 0 Å². The molecule has 0 amide bonds. The summed E-state index contributed by atoms with van der Waals surface area (Å²) >= 11 is 1.46. The first-order valence-electron chi connectivity index (χ1n) is 8.71. The minimum Gasteiger partial charge on any atom is -0.493 e. The van der Waals surface area contributed by atoms with Crippen molar-refractivity contribution < 1.29 is 19.0 Å². The molecule has 6 heteroatoms. The minimum atomic E-state index is -0.355. The number of benzene rings is 2. The van der Waals surface area contributed by atoms with Crippen molar-refractivity contribution in [2.75, 3.05) is 20.3 Å². The Bertz CT molecular complexity index is 977. The molecule has 0 N–H and O–H groups in total. The van der Waals surface area contributed by atoms with Crippen LogP contribution < -0.4 is 9.47 Å². The lowest BCUT2D eigenvalue weighted by Gasteiger charge is -2.09. The van der Waals surface area contributed by atoms with E-state index in [1.807, 2.05) is 49.4 Å². The Kier molecular flexibility index (Phi) is 6.08. The normalized spacial score (nSPS) is 11.1. The van der Waals surface area contributed by atoms with Crippen molar-refractivity contribution in [3.8, 4) is 11.5 Å². The Morgan fingerprint density at radius 1 is 1.11 bits per heavy atom. The van der Waals surface area contributed by atoms with Gasteiger partial charge in [-0.1, -0.05) is 18.2 Å². The summed E-state index contributed by atoms with van der Waals surface area (Å²) in [6.45, 7) is 4.60. The van der Waals surface area contributed by atoms with Crippen LogP contribution in [0.4, 0.5) is 5.00 Å². The number of hydrogen-bond acceptors (Lipinski definition) is 6. The van der Waals surface area contributed by atoms with Gasteiger partial charge in [0.15, 0.2) is 11.5 Å². The van der Waals surface area contributed by atoms with Crippen molar-refractivity contribution in [1.29, 1.82) is 0 Å². The van der Waals surface area contributed by atoms with Gasteiger partial charge in [-0.05, 0) is 43.7 Å². The number of carbonyl (C=O) groups is 1. The van der Waals surface area contributed by atoms with E-state index in [0.29, 0.717) is 35.3 Å². The largest absolute Gasteiger partial charge is 0.493 e. The molecule has 3 aromatic rings. The smallest absolute Gasteiger partial charge is 0.341 e. The summed E-state index contributed by atoms with van der Waals surface area (Å²) < 4.78 is 17.1. The van der Waals surface area contributed by atoms with Crippen LogP contribution in [0.25, 0.3) is 10.1 Å².